The Balaban J connectivity index is 2.11. The number of carboxylic acids is 1. The van der Waals surface area contributed by atoms with Gasteiger partial charge in [0, 0.05) is 0 Å². The monoisotopic (exact) mass is 296 g/mol. The molecule has 0 fully saturated rings. The first-order valence-electron chi connectivity index (χ1n) is 6.94. The lowest BCUT2D eigenvalue weighted by Gasteiger charge is -2.12. The van der Waals surface area contributed by atoms with Gasteiger partial charge in [0.1, 0.15) is 0 Å². The number of fused-ring (bicyclic) bond motifs is 2. The van der Waals surface area contributed by atoms with Crippen LogP contribution in [-0.4, -0.2) is 50.7 Å². The van der Waals surface area contributed by atoms with Crippen molar-refractivity contribution in [2.24, 2.45) is 0 Å². The Labute approximate surface area is 123 Å². The van der Waals surface area contributed by atoms with E-state index in [1.54, 1.807) is 12.1 Å². The van der Waals surface area contributed by atoms with Crippen LogP contribution in [-0.2, 0) is 32.2 Å². The molecule has 0 unspecified atom stereocenters. The van der Waals surface area contributed by atoms with Crippen molar-refractivity contribution < 1.29 is 28.8 Å². The van der Waals surface area contributed by atoms with E-state index in [0.29, 0.717) is 50.8 Å². The third-order valence-corrected chi connectivity index (χ3v) is 3.08. The van der Waals surface area contributed by atoms with Gasteiger partial charge in [0.05, 0.1) is 58.4 Å². The fraction of sp³-hybridized carbons (Fsp3) is 0.533. The predicted octanol–water partition coefficient (Wildman–Crippen LogP) is 1.46. The number of carbonyl (C=O) groups is 1. The number of rotatable bonds is 1. The number of aromatic carboxylic acids is 1. The maximum atomic E-state index is 11.5. The first-order valence-corrected chi connectivity index (χ1v) is 6.94. The van der Waals surface area contributed by atoms with E-state index in [0.717, 1.165) is 0 Å². The van der Waals surface area contributed by atoms with Crippen LogP contribution < -0.4 is 0 Å². The van der Waals surface area contributed by atoms with Crippen LogP contribution >= 0.6 is 0 Å². The summed E-state index contributed by atoms with van der Waals surface area (Å²) in [5.74, 6) is -0.968. The second-order valence-electron chi connectivity index (χ2n) is 4.59. The minimum Gasteiger partial charge on any atom is -0.478 e. The van der Waals surface area contributed by atoms with Crippen molar-refractivity contribution in [1.82, 2.24) is 0 Å². The Bertz CT molecular complexity index is 427. The van der Waals surface area contributed by atoms with E-state index in [4.69, 9.17) is 18.9 Å². The highest BCUT2D eigenvalue weighted by Crippen LogP contribution is 2.17. The Morgan fingerprint density at radius 2 is 1.24 bits per heavy atom. The average Bonchev–Trinajstić information content (AvgIpc) is 2.47. The maximum absolute atomic E-state index is 11.5. The largest absolute Gasteiger partial charge is 0.478 e. The molecular weight excluding hydrogens is 276 g/mol. The zero-order valence-electron chi connectivity index (χ0n) is 11.9. The molecule has 0 saturated heterocycles. The van der Waals surface area contributed by atoms with Crippen LogP contribution in [0.1, 0.15) is 21.5 Å². The first kappa shape index (κ1) is 15.9. The van der Waals surface area contributed by atoms with Gasteiger partial charge in [-0.3, -0.25) is 0 Å². The van der Waals surface area contributed by atoms with Gasteiger partial charge < -0.3 is 24.1 Å². The van der Waals surface area contributed by atoms with Gasteiger partial charge in [0.15, 0.2) is 0 Å². The molecule has 1 aromatic rings. The SMILES string of the molecule is O=C(O)c1c2cccc1COCCOCCOCCOC2. The molecule has 6 nitrogen and oxygen atoms in total. The van der Waals surface area contributed by atoms with Crippen molar-refractivity contribution in [3.05, 3.63) is 34.9 Å². The molecule has 0 aliphatic carbocycles. The van der Waals surface area contributed by atoms with Crippen LogP contribution in [0.15, 0.2) is 18.2 Å². The lowest BCUT2D eigenvalue weighted by molar-refractivity contribution is -0.00523. The van der Waals surface area contributed by atoms with E-state index in [1.807, 2.05) is 6.07 Å². The third kappa shape index (κ3) is 5.09. The van der Waals surface area contributed by atoms with Crippen molar-refractivity contribution >= 4 is 5.97 Å². The highest BCUT2D eigenvalue weighted by molar-refractivity contribution is 5.91. The van der Waals surface area contributed by atoms with E-state index in [9.17, 15) is 9.90 Å². The number of hydrogen-bond acceptors (Lipinski definition) is 5. The van der Waals surface area contributed by atoms with Gasteiger partial charge in [-0.15, -0.1) is 0 Å². The van der Waals surface area contributed by atoms with Crippen LogP contribution in [0.3, 0.4) is 0 Å². The number of hydrogen-bond donors (Lipinski definition) is 1. The highest BCUT2D eigenvalue weighted by atomic mass is 16.6. The zero-order chi connectivity index (χ0) is 14.9. The summed E-state index contributed by atoms with van der Waals surface area (Å²) in [6, 6.07) is 5.33. The van der Waals surface area contributed by atoms with Gasteiger partial charge in [-0.2, -0.15) is 0 Å². The lowest BCUT2D eigenvalue weighted by Crippen LogP contribution is -2.11. The third-order valence-electron chi connectivity index (χ3n) is 3.08. The van der Waals surface area contributed by atoms with E-state index in [1.165, 1.54) is 0 Å². The fourth-order valence-electron chi connectivity index (χ4n) is 2.09. The lowest BCUT2D eigenvalue weighted by atomic mass is 10.0. The van der Waals surface area contributed by atoms with Crippen LogP contribution in [0, 0.1) is 0 Å². The summed E-state index contributed by atoms with van der Waals surface area (Å²) in [5.41, 5.74) is 1.55. The molecule has 1 heterocycles. The van der Waals surface area contributed by atoms with Crippen molar-refractivity contribution in [3.8, 4) is 0 Å². The quantitative estimate of drug-likeness (QED) is 0.846. The highest BCUT2D eigenvalue weighted by Gasteiger charge is 2.15. The van der Waals surface area contributed by atoms with Gasteiger partial charge in [0.25, 0.3) is 0 Å². The van der Waals surface area contributed by atoms with Crippen LogP contribution in [0.25, 0.3) is 0 Å². The molecule has 0 spiro atoms. The van der Waals surface area contributed by atoms with E-state index >= 15 is 0 Å². The predicted molar refractivity (Wildman–Crippen MR) is 74.4 cm³/mol. The van der Waals surface area contributed by atoms with E-state index in [-0.39, 0.29) is 18.8 Å². The smallest absolute Gasteiger partial charge is 0.336 e. The molecule has 1 N–H and O–H groups in total. The molecule has 2 bridgehead atoms. The molecule has 1 aliphatic rings. The second-order valence-corrected chi connectivity index (χ2v) is 4.59. The Morgan fingerprint density at radius 1 is 0.810 bits per heavy atom. The van der Waals surface area contributed by atoms with Crippen molar-refractivity contribution in [2.75, 3.05) is 39.6 Å². The molecular formula is C15H20O6. The minimum absolute atomic E-state index is 0.245. The molecule has 116 valence electrons. The second kappa shape index (κ2) is 8.74. The van der Waals surface area contributed by atoms with Gasteiger partial charge in [-0.1, -0.05) is 18.2 Å². The van der Waals surface area contributed by atoms with E-state index in [2.05, 4.69) is 0 Å². The molecule has 0 saturated carbocycles. The Hall–Kier alpha value is -1.47. The summed E-state index contributed by atoms with van der Waals surface area (Å²) in [7, 11) is 0. The standard InChI is InChI=1S/C15H20O6/c16-15(17)14-12-2-1-3-13(14)11-21-9-7-19-5-4-18-6-8-20-10-12/h1-3H,4-11H2,(H,16,17). The molecule has 0 amide bonds. The van der Waals surface area contributed by atoms with Crippen molar-refractivity contribution in [1.29, 1.82) is 0 Å². The average molecular weight is 296 g/mol. The Kier molecular flexibility index (Phi) is 6.62. The van der Waals surface area contributed by atoms with Gasteiger partial charge in [-0.25, -0.2) is 4.79 Å². The molecule has 0 aromatic heterocycles. The zero-order valence-corrected chi connectivity index (χ0v) is 11.9. The Morgan fingerprint density at radius 3 is 1.67 bits per heavy atom. The van der Waals surface area contributed by atoms with E-state index < -0.39 is 5.97 Å². The molecule has 6 heteroatoms. The first-order chi connectivity index (χ1) is 10.3. The summed E-state index contributed by atoms with van der Waals surface area (Å²) in [6.45, 7) is 3.27. The van der Waals surface area contributed by atoms with Crippen molar-refractivity contribution in [2.45, 2.75) is 13.2 Å². The summed E-state index contributed by atoms with van der Waals surface area (Å²) in [5, 5.41) is 9.40. The van der Waals surface area contributed by atoms with Gasteiger partial charge >= 0.3 is 5.97 Å². The number of benzene rings is 1. The van der Waals surface area contributed by atoms with Crippen LogP contribution in [0.2, 0.25) is 0 Å². The van der Waals surface area contributed by atoms with Crippen LogP contribution in [0.4, 0.5) is 0 Å². The fourth-order valence-corrected chi connectivity index (χ4v) is 2.09. The minimum atomic E-state index is -0.968. The molecule has 2 rings (SSSR count). The van der Waals surface area contributed by atoms with Crippen molar-refractivity contribution in [3.63, 3.8) is 0 Å². The van der Waals surface area contributed by atoms with Gasteiger partial charge in [0.2, 0.25) is 0 Å². The normalized spacial score (nSPS) is 18.5. The maximum Gasteiger partial charge on any atom is 0.336 e. The van der Waals surface area contributed by atoms with Crippen LogP contribution in [0.5, 0.6) is 0 Å². The molecule has 0 atom stereocenters. The topological polar surface area (TPSA) is 74.2 Å². The summed E-state index contributed by atoms with van der Waals surface area (Å²) in [4.78, 5) is 11.5. The summed E-state index contributed by atoms with van der Waals surface area (Å²) < 4.78 is 21.6. The molecule has 1 aliphatic heterocycles. The number of carboxylic acid groups (broad SMARTS) is 1. The molecule has 1 aromatic carbocycles. The molecule has 21 heavy (non-hydrogen) atoms. The molecule has 0 radical (unpaired) electrons. The summed E-state index contributed by atoms with van der Waals surface area (Å²) >= 11 is 0. The summed E-state index contributed by atoms with van der Waals surface area (Å²) in [6.07, 6.45) is 0. The number of ether oxygens (including phenoxy) is 4. The van der Waals surface area contributed by atoms with Gasteiger partial charge in [-0.05, 0) is 11.1 Å².